The van der Waals surface area contributed by atoms with Crippen LogP contribution in [-0.2, 0) is 11.4 Å². The maximum Gasteiger partial charge on any atom is 0.259 e. The highest BCUT2D eigenvalue weighted by atomic mass is 16.5. The number of imidazole rings is 1. The molecule has 0 aliphatic rings. The number of aromatic nitrogens is 5. The van der Waals surface area contributed by atoms with Crippen LogP contribution in [0.5, 0.6) is 5.75 Å². The van der Waals surface area contributed by atoms with Gasteiger partial charge in [-0.2, -0.15) is 5.10 Å². The van der Waals surface area contributed by atoms with Gasteiger partial charge in [0.05, 0.1) is 11.3 Å². The maximum atomic E-state index is 13.0. The highest BCUT2D eigenvalue weighted by Gasteiger charge is 2.16. The van der Waals surface area contributed by atoms with E-state index in [1.165, 1.54) is 17.3 Å². The molecule has 37 heavy (non-hydrogen) atoms. The van der Waals surface area contributed by atoms with Crippen molar-refractivity contribution in [2.45, 2.75) is 26.5 Å². The summed E-state index contributed by atoms with van der Waals surface area (Å²) in [7, 11) is 0. The monoisotopic (exact) mass is 495 g/mol. The van der Waals surface area contributed by atoms with E-state index in [4.69, 9.17) is 4.74 Å². The fourth-order valence-electron chi connectivity index (χ4n) is 3.83. The first-order valence-corrected chi connectivity index (χ1v) is 11.7. The molecule has 0 aliphatic carbocycles. The lowest BCUT2D eigenvalue weighted by Gasteiger charge is -2.13. The van der Waals surface area contributed by atoms with Gasteiger partial charge in [-0.1, -0.05) is 18.2 Å². The average molecular weight is 496 g/mol. The van der Waals surface area contributed by atoms with E-state index in [9.17, 15) is 9.59 Å². The van der Waals surface area contributed by atoms with Crippen molar-refractivity contribution < 1.29 is 14.3 Å². The van der Waals surface area contributed by atoms with Crippen LogP contribution in [0, 0.1) is 6.92 Å². The number of nitrogens with zero attached hydrogens (tertiary/aromatic N) is 5. The lowest BCUT2D eigenvalue weighted by molar-refractivity contribution is -0.119. The first kappa shape index (κ1) is 23.7. The highest BCUT2D eigenvalue weighted by molar-refractivity contribution is 6.06. The smallest absolute Gasteiger partial charge is 0.259 e. The van der Waals surface area contributed by atoms with Gasteiger partial charge in [0.25, 0.3) is 5.91 Å². The van der Waals surface area contributed by atoms with Gasteiger partial charge in [-0.3, -0.25) is 9.59 Å². The molecule has 0 saturated carbocycles. The third-order valence-electron chi connectivity index (χ3n) is 5.86. The van der Waals surface area contributed by atoms with Crippen LogP contribution in [0.1, 0.15) is 34.6 Å². The summed E-state index contributed by atoms with van der Waals surface area (Å²) >= 11 is 0. The van der Waals surface area contributed by atoms with Crippen molar-refractivity contribution in [1.82, 2.24) is 24.1 Å². The van der Waals surface area contributed by atoms with E-state index in [0.717, 1.165) is 16.9 Å². The van der Waals surface area contributed by atoms with Crippen molar-refractivity contribution >= 4 is 28.8 Å². The Kier molecular flexibility index (Phi) is 6.62. The number of aryl methyl sites for hydroxylation is 1. The summed E-state index contributed by atoms with van der Waals surface area (Å²) in [5.74, 6) is -0.0769. The average Bonchev–Trinajstić information content (AvgIpc) is 3.59. The molecule has 5 aromatic rings. The lowest BCUT2D eigenvalue weighted by atomic mass is 10.1. The van der Waals surface area contributed by atoms with Gasteiger partial charge >= 0.3 is 0 Å². The van der Waals surface area contributed by atoms with Crippen LogP contribution in [-0.4, -0.2) is 36.0 Å². The normalized spacial score (nSPS) is 11.7. The molecular weight excluding hydrogens is 470 g/mol. The van der Waals surface area contributed by atoms with Gasteiger partial charge in [-0.25, -0.2) is 14.6 Å². The number of anilines is 2. The fourth-order valence-corrected chi connectivity index (χ4v) is 3.83. The molecule has 0 saturated heterocycles. The van der Waals surface area contributed by atoms with E-state index in [2.05, 4.69) is 25.7 Å². The van der Waals surface area contributed by atoms with Gasteiger partial charge in [-0.05, 0) is 61.9 Å². The minimum absolute atomic E-state index is 0.228. The number of amides is 2. The van der Waals surface area contributed by atoms with Gasteiger partial charge in [0, 0.05) is 23.8 Å². The topological polar surface area (TPSA) is 115 Å². The Balaban J connectivity index is 1.22. The summed E-state index contributed by atoms with van der Waals surface area (Å²) in [5.41, 5.74) is 4.30. The van der Waals surface area contributed by atoms with Crippen LogP contribution >= 0.6 is 0 Å². The summed E-state index contributed by atoms with van der Waals surface area (Å²) in [5, 5.41) is 9.69. The van der Waals surface area contributed by atoms with Gasteiger partial charge in [0.2, 0.25) is 5.91 Å². The summed E-state index contributed by atoms with van der Waals surface area (Å²) in [6.07, 6.45) is 6.72. The number of nitrogens with one attached hydrogen (secondary N) is 2. The molecule has 186 valence electrons. The Morgan fingerprint density at radius 1 is 1.00 bits per heavy atom. The van der Waals surface area contributed by atoms with Crippen LogP contribution in [0.25, 0.3) is 5.65 Å². The minimum Gasteiger partial charge on any atom is -0.486 e. The number of carbonyl (C=O) groups excluding carboxylic acids is 2. The van der Waals surface area contributed by atoms with Gasteiger partial charge in [-0.15, -0.1) is 0 Å². The summed E-state index contributed by atoms with van der Waals surface area (Å²) < 4.78 is 9.40. The number of hydrogen-bond donors (Lipinski definition) is 2. The predicted octanol–water partition coefficient (Wildman–Crippen LogP) is 4.27. The highest BCUT2D eigenvalue weighted by Crippen LogP contribution is 2.22. The SMILES string of the molecule is Cc1cccn2cc(COc3ccccc3C(=O)Nc3ccc(NC(=O)C(C)n4cncn4)cc3)nc12. The zero-order chi connectivity index (χ0) is 25.8. The molecule has 2 N–H and O–H groups in total. The summed E-state index contributed by atoms with van der Waals surface area (Å²) in [6, 6.07) is 17.4. The second kappa shape index (κ2) is 10.3. The molecule has 1 atom stereocenters. The van der Waals surface area contributed by atoms with E-state index in [1.54, 1.807) is 49.4 Å². The molecule has 3 heterocycles. The molecule has 10 nitrogen and oxygen atoms in total. The second-order valence-corrected chi connectivity index (χ2v) is 8.51. The van der Waals surface area contributed by atoms with Crippen molar-refractivity contribution in [3.8, 4) is 5.75 Å². The number of para-hydroxylation sites is 1. The van der Waals surface area contributed by atoms with Gasteiger partial charge in [0.1, 0.15) is 36.7 Å². The number of benzene rings is 2. The molecule has 2 amide bonds. The third-order valence-corrected chi connectivity index (χ3v) is 5.86. The number of hydrogen-bond acceptors (Lipinski definition) is 6. The number of rotatable bonds is 8. The molecule has 1 unspecified atom stereocenters. The van der Waals surface area contributed by atoms with E-state index in [-0.39, 0.29) is 18.4 Å². The van der Waals surface area contributed by atoms with Crippen molar-refractivity contribution in [3.05, 3.63) is 103 Å². The van der Waals surface area contributed by atoms with Crippen molar-refractivity contribution in [2.24, 2.45) is 0 Å². The molecule has 0 aliphatic heterocycles. The van der Waals surface area contributed by atoms with Gasteiger partial charge < -0.3 is 19.8 Å². The second-order valence-electron chi connectivity index (χ2n) is 8.51. The minimum atomic E-state index is -0.511. The molecule has 0 spiro atoms. The van der Waals surface area contributed by atoms with E-state index < -0.39 is 6.04 Å². The zero-order valence-corrected chi connectivity index (χ0v) is 20.3. The summed E-state index contributed by atoms with van der Waals surface area (Å²) in [4.78, 5) is 33.9. The molecule has 0 bridgehead atoms. The third kappa shape index (κ3) is 5.32. The first-order valence-electron chi connectivity index (χ1n) is 11.7. The van der Waals surface area contributed by atoms with E-state index in [0.29, 0.717) is 22.7 Å². The van der Waals surface area contributed by atoms with Crippen molar-refractivity contribution in [3.63, 3.8) is 0 Å². The van der Waals surface area contributed by atoms with Crippen LogP contribution in [0.15, 0.2) is 85.7 Å². The molecule has 2 aromatic carbocycles. The molecule has 3 aromatic heterocycles. The molecule has 0 fully saturated rings. The zero-order valence-electron chi connectivity index (χ0n) is 20.3. The van der Waals surface area contributed by atoms with E-state index in [1.807, 2.05) is 41.9 Å². The Hall–Kier alpha value is -4.99. The largest absolute Gasteiger partial charge is 0.486 e. The van der Waals surface area contributed by atoms with Crippen molar-refractivity contribution in [2.75, 3.05) is 10.6 Å². The van der Waals surface area contributed by atoms with E-state index >= 15 is 0 Å². The number of ether oxygens (including phenoxy) is 1. The van der Waals surface area contributed by atoms with Crippen molar-refractivity contribution in [1.29, 1.82) is 0 Å². The van der Waals surface area contributed by atoms with Gasteiger partial charge in [0.15, 0.2) is 0 Å². The van der Waals surface area contributed by atoms with Crippen LogP contribution in [0.2, 0.25) is 0 Å². The predicted molar refractivity (Wildman–Crippen MR) is 138 cm³/mol. The maximum absolute atomic E-state index is 13.0. The lowest BCUT2D eigenvalue weighted by Crippen LogP contribution is -2.24. The standard InChI is InChI=1S/C27H25N7O3/c1-18-6-5-13-33-14-22(30-25(18)33)15-37-24-8-4-3-7-23(24)27(36)32-21-11-9-20(10-12-21)31-26(35)19(2)34-17-28-16-29-34/h3-14,16-17,19H,15H2,1-2H3,(H,31,35)(H,32,36). The molecule has 5 rings (SSSR count). The quantitative estimate of drug-likeness (QED) is 0.332. The molecule has 10 heteroatoms. The molecular formula is C27H25N7O3. The molecule has 0 radical (unpaired) electrons. The Morgan fingerprint density at radius 3 is 2.49 bits per heavy atom. The van der Waals surface area contributed by atoms with Crippen LogP contribution in [0.3, 0.4) is 0 Å². The number of pyridine rings is 1. The van der Waals surface area contributed by atoms with Crippen LogP contribution in [0.4, 0.5) is 11.4 Å². The number of carbonyl (C=O) groups is 2. The number of fused-ring (bicyclic) bond motifs is 1. The van der Waals surface area contributed by atoms with Crippen LogP contribution < -0.4 is 15.4 Å². The Labute approximate surface area is 212 Å². The Bertz CT molecular complexity index is 1540. The Morgan fingerprint density at radius 2 is 1.76 bits per heavy atom. The first-order chi connectivity index (χ1) is 18.0. The fraction of sp³-hybridized carbons (Fsp3) is 0.148. The summed E-state index contributed by atoms with van der Waals surface area (Å²) in [6.45, 7) is 3.97.